The van der Waals surface area contributed by atoms with Crippen molar-refractivity contribution in [3.8, 4) is 0 Å². The molecule has 0 fully saturated rings. The van der Waals surface area contributed by atoms with E-state index in [-0.39, 0.29) is 6.54 Å². The molecule has 0 bridgehead atoms. The van der Waals surface area contributed by atoms with Crippen molar-refractivity contribution in [3.63, 3.8) is 0 Å². The number of hydrogen-bond donors (Lipinski definition) is 1. The highest BCUT2D eigenvalue weighted by Gasteiger charge is 2.25. The summed E-state index contributed by atoms with van der Waals surface area (Å²) in [6, 6.07) is 7.53. The third-order valence-electron chi connectivity index (χ3n) is 2.32. The molecule has 0 saturated carbocycles. The molecule has 1 aromatic carbocycles. The van der Waals surface area contributed by atoms with Gasteiger partial charge in [-0.25, -0.2) is 0 Å². The second-order valence-corrected chi connectivity index (χ2v) is 3.74. The zero-order valence-electron chi connectivity index (χ0n) is 9.68. The van der Waals surface area contributed by atoms with Crippen molar-refractivity contribution < 1.29 is 17.9 Å². The van der Waals surface area contributed by atoms with Crippen molar-refractivity contribution in [2.75, 3.05) is 13.7 Å². The zero-order valence-corrected chi connectivity index (χ0v) is 9.68. The van der Waals surface area contributed by atoms with Crippen LogP contribution in [0.15, 0.2) is 24.3 Å². The quantitative estimate of drug-likeness (QED) is 0.780. The van der Waals surface area contributed by atoms with Gasteiger partial charge in [-0.1, -0.05) is 24.3 Å². The van der Waals surface area contributed by atoms with Crippen molar-refractivity contribution in [1.82, 2.24) is 5.32 Å². The number of benzene rings is 1. The van der Waals surface area contributed by atoms with E-state index in [0.29, 0.717) is 13.2 Å². The normalized spacial score (nSPS) is 11.8. The molecule has 96 valence electrons. The average molecular weight is 247 g/mol. The van der Waals surface area contributed by atoms with Gasteiger partial charge in [-0.05, 0) is 11.1 Å². The molecule has 0 aliphatic rings. The second-order valence-electron chi connectivity index (χ2n) is 3.74. The van der Waals surface area contributed by atoms with Crippen LogP contribution in [0.1, 0.15) is 17.5 Å². The van der Waals surface area contributed by atoms with E-state index in [1.165, 1.54) is 0 Å². The standard InChI is InChI=1S/C12H16F3NO/c1-17-9-11-5-3-2-4-10(11)8-16-7-6-12(13,14)15/h2-5,16H,6-9H2,1H3. The molecule has 17 heavy (non-hydrogen) atoms. The second kappa shape index (κ2) is 6.61. The summed E-state index contributed by atoms with van der Waals surface area (Å²) in [5.74, 6) is 0. The molecule has 2 nitrogen and oxygen atoms in total. The Morgan fingerprint density at radius 2 is 1.82 bits per heavy atom. The van der Waals surface area contributed by atoms with E-state index in [2.05, 4.69) is 5.32 Å². The first-order chi connectivity index (χ1) is 8.03. The Morgan fingerprint density at radius 3 is 2.41 bits per heavy atom. The van der Waals surface area contributed by atoms with Gasteiger partial charge in [-0.2, -0.15) is 13.2 Å². The number of hydrogen-bond acceptors (Lipinski definition) is 2. The Bertz CT molecular complexity index is 339. The minimum atomic E-state index is -4.10. The molecular formula is C12H16F3NO. The molecule has 5 heteroatoms. The van der Waals surface area contributed by atoms with Crippen molar-refractivity contribution in [3.05, 3.63) is 35.4 Å². The van der Waals surface area contributed by atoms with Crippen LogP contribution in [0.3, 0.4) is 0 Å². The molecule has 0 aliphatic carbocycles. The topological polar surface area (TPSA) is 21.3 Å². The molecule has 0 aromatic heterocycles. The first-order valence-electron chi connectivity index (χ1n) is 5.36. The predicted molar refractivity (Wildman–Crippen MR) is 59.5 cm³/mol. The van der Waals surface area contributed by atoms with Gasteiger partial charge < -0.3 is 10.1 Å². The predicted octanol–water partition coefficient (Wildman–Crippen LogP) is 2.88. The van der Waals surface area contributed by atoms with Crippen LogP contribution in [0.2, 0.25) is 0 Å². The summed E-state index contributed by atoms with van der Waals surface area (Å²) in [4.78, 5) is 0. The van der Waals surface area contributed by atoms with E-state index in [1.54, 1.807) is 7.11 Å². The molecule has 1 rings (SSSR count). The summed E-state index contributed by atoms with van der Waals surface area (Å²) in [5, 5.41) is 2.78. The highest BCUT2D eigenvalue weighted by Crippen LogP contribution is 2.18. The third-order valence-corrected chi connectivity index (χ3v) is 2.32. The summed E-state index contributed by atoms with van der Waals surface area (Å²) >= 11 is 0. The van der Waals surface area contributed by atoms with Gasteiger partial charge >= 0.3 is 6.18 Å². The van der Waals surface area contributed by atoms with Crippen molar-refractivity contribution in [2.24, 2.45) is 0 Å². The van der Waals surface area contributed by atoms with E-state index < -0.39 is 12.6 Å². The Kier molecular flexibility index (Phi) is 5.44. The van der Waals surface area contributed by atoms with Gasteiger partial charge in [-0.3, -0.25) is 0 Å². The number of nitrogens with one attached hydrogen (secondary N) is 1. The molecule has 0 amide bonds. The molecule has 0 unspecified atom stereocenters. The first-order valence-corrected chi connectivity index (χ1v) is 5.36. The van der Waals surface area contributed by atoms with Crippen LogP contribution in [0.25, 0.3) is 0 Å². The van der Waals surface area contributed by atoms with Gasteiger partial charge in [0.2, 0.25) is 0 Å². The Balaban J connectivity index is 2.41. The van der Waals surface area contributed by atoms with Gasteiger partial charge in [0.05, 0.1) is 13.0 Å². The fourth-order valence-corrected chi connectivity index (χ4v) is 1.48. The fraction of sp³-hybridized carbons (Fsp3) is 0.500. The number of methoxy groups -OCH3 is 1. The van der Waals surface area contributed by atoms with Crippen LogP contribution in [0, 0.1) is 0 Å². The van der Waals surface area contributed by atoms with Gasteiger partial charge in [-0.15, -0.1) is 0 Å². The summed E-state index contributed by atoms with van der Waals surface area (Å²) in [7, 11) is 1.59. The number of rotatable bonds is 6. The van der Waals surface area contributed by atoms with Crippen molar-refractivity contribution >= 4 is 0 Å². The minimum Gasteiger partial charge on any atom is -0.380 e. The van der Waals surface area contributed by atoms with Crippen LogP contribution in [-0.4, -0.2) is 19.8 Å². The van der Waals surface area contributed by atoms with Gasteiger partial charge in [0.15, 0.2) is 0 Å². The van der Waals surface area contributed by atoms with E-state index in [9.17, 15) is 13.2 Å². The van der Waals surface area contributed by atoms with Crippen LogP contribution in [0.5, 0.6) is 0 Å². The highest BCUT2D eigenvalue weighted by molar-refractivity contribution is 5.26. The van der Waals surface area contributed by atoms with E-state index >= 15 is 0 Å². The summed E-state index contributed by atoms with van der Waals surface area (Å²) in [6.45, 7) is 0.831. The lowest BCUT2D eigenvalue weighted by atomic mass is 10.1. The van der Waals surface area contributed by atoms with Crippen molar-refractivity contribution in [1.29, 1.82) is 0 Å². The molecule has 0 atom stereocenters. The van der Waals surface area contributed by atoms with Gasteiger partial charge in [0.25, 0.3) is 0 Å². The lowest BCUT2D eigenvalue weighted by molar-refractivity contribution is -0.133. The molecule has 1 N–H and O–H groups in total. The monoisotopic (exact) mass is 247 g/mol. The SMILES string of the molecule is COCc1ccccc1CNCCC(F)(F)F. The number of halogens is 3. The average Bonchev–Trinajstić information content (AvgIpc) is 2.25. The third kappa shape index (κ3) is 5.70. The maximum absolute atomic E-state index is 11.9. The largest absolute Gasteiger partial charge is 0.390 e. The number of ether oxygens (including phenoxy) is 1. The maximum atomic E-state index is 11.9. The lowest BCUT2D eigenvalue weighted by Crippen LogP contribution is -2.21. The Labute approximate surface area is 98.8 Å². The molecule has 0 heterocycles. The fourth-order valence-electron chi connectivity index (χ4n) is 1.48. The van der Waals surface area contributed by atoms with Crippen LogP contribution >= 0.6 is 0 Å². The van der Waals surface area contributed by atoms with Crippen LogP contribution in [-0.2, 0) is 17.9 Å². The van der Waals surface area contributed by atoms with E-state index in [1.807, 2.05) is 24.3 Å². The first kappa shape index (κ1) is 14.0. The molecular weight excluding hydrogens is 231 g/mol. The van der Waals surface area contributed by atoms with Crippen molar-refractivity contribution in [2.45, 2.75) is 25.7 Å². The Morgan fingerprint density at radius 1 is 1.18 bits per heavy atom. The molecule has 0 spiro atoms. The summed E-state index contributed by atoms with van der Waals surface area (Å²) in [5.41, 5.74) is 1.96. The van der Waals surface area contributed by atoms with Crippen LogP contribution < -0.4 is 5.32 Å². The van der Waals surface area contributed by atoms with E-state index in [4.69, 9.17) is 4.74 Å². The molecule has 0 aliphatic heterocycles. The van der Waals surface area contributed by atoms with Gasteiger partial charge in [0.1, 0.15) is 0 Å². The lowest BCUT2D eigenvalue weighted by Gasteiger charge is -2.11. The van der Waals surface area contributed by atoms with Crippen LogP contribution in [0.4, 0.5) is 13.2 Å². The molecule has 0 saturated heterocycles. The minimum absolute atomic E-state index is 0.0647. The zero-order chi connectivity index (χ0) is 12.7. The van der Waals surface area contributed by atoms with Gasteiger partial charge in [0, 0.05) is 20.2 Å². The smallest absolute Gasteiger partial charge is 0.380 e. The molecule has 0 radical (unpaired) electrons. The highest BCUT2D eigenvalue weighted by atomic mass is 19.4. The maximum Gasteiger partial charge on any atom is 0.390 e. The Hall–Kier alpha value is -1.07. The molecule has 1 aromatic rings. The number of alkyl halides is 3. The summed E-state index contributed by atoms with van der Waals surface area (Å²) in [6.07, 6.45) is -4.90. The summed E-state index contributed by atoms with van der Waals surface area (Å²) < 4.78 is 40.8. The van der Waals surface area contributed by atoms with E-state index in [0.717, 1.165) is 11.1 Å².